The van der Waals surface area contributed by atoms with Crippen LogP contribution in [-0.4, -0.2) is 5.11 Å². The second-order valence-electron chi connectivity index (χ2n) is 4.70. The van der Waals surface area contributed by atoms with Gasteiger partial charge in [-0.15, -0.1) is 0 Å². The van der Waals surface area contributed by atoms with Crippen molar-refractivity contribution in [1.29, 1.82) is 0 Å². The molecule has 1 nitrogen and oxygen atoms in total. The molecular weight excluding hydrogens is 259 g/mol. The second kappa shape index (κ2) is 6.22. The minimum absolute atomic E-state index is 0.279. The van der Waals surface area contributed by atoms with Crippen LogP contribution in [-0.2, 0) is 6.61 Å². The summed E-state index contributed by atoms with van der Waals surface area (Å²) < 4.78 is 13.5. The molecule has 100 valence electrons. The Balaban J connectivity index is 2.24. The van der Waals surface area contributed by atoms with Crippen LogP contribution in [0.4, 0.5) is 4.39 Å². The lowest BCUT2D eigenvalue weighted by molar-refractivity contribution is 0.272. The SMILES string of the molecule is CC(C)c1ccc(Sc2cccc(F)c2CO)cc1. The Morgan fingerprint density at radius 2 is 1.79 bits per heavy atom. The third-order valence-corrected chi connectivity index (χ3v) is 4.12. The maximum atomic E-state index is 13.5. The number of halogens is 1. The highest BCUT2D eigenvalue weighted by Gasteiger charge is 2.09. The number of rotatable bonds is 4. The molecule has 3 heteroatoms. The van der Waals surface area contributed by atoms with Crippen molar-refractivity contribution in [3.63, 3.8) is 0 Å². The minimum Gasteiger partial charge on any atom is -0.392 e. The summed E-state index contributed by atoms with van der Waals surface area (Å²) in [5, 5.41) is 9.24. The van der Waals surface area contributed by atoms with E-state index in [1.807, 2.05) is 18.2 Å². The zero-order chi connectivity index (χ0) is 13.8. The first-order chi connectivity index (χ1) is 9.11. The molecule has 0 unspecified atom stereocenters. The van der Waals surface area contributed by atoms with Crippen molar-refractivity contribution >= 4 is 11.8 Å². The molecule has 0 aromatic heterocycles. The van der Waals surface area contributed by atoms with Crippen molar-refractivity contribution in [3.05, 3.63) is 59.4 Å². The molecule has 0 aliphatic carbocycles. The first kappa shape index (κ1) is 14.1. The van der Waals surface area contributed by atoms with Gasteiger partial charge in [-0.1, -0.05) is 43.8 Å². The average Bonchev–Trinajstić information content (AvgIpc) is 2.39. The summed E-state index contributed by atoms with van der Waals surface area (Å²) in [4.78, 5) is 1.81. The summed E-state index contributed by atoms with van der Waals surface area (Å²) in [6.45, 7) is 4.02. The zero-order valence-electron chi connectivity index (χ0n) is 11.1. The van der Waals surface area contributed by atoms with Gasteiger partial charge in [0.2, 0.25) is 0 Å². The van der Waals surface area contributed by atoms with Gasteiger partial charge in [-0.3, -0.25) is 0 Å². The molecule has 0 saturated carbocycles. The molecule has 0 saturated heterocycles. The lowest BCUT2D eigenvalue weighted by Gasteiger charge is -2.09. The zero-order valence-corrected chi connectivity index (χ0v) is 11.9. The third-order valence-electron chi connectivity index (χ3n) is 3.01. The van der Waals surface area contributed by atoms with E-state index in [1.165, 1.54) is 23.4 Å². The van der Waals surface area contributed by atoms with Gasteiger partial charge in [-0.25, -0.2) is 4.39 Å². The van der Waals surface area contributed by atoms with Gasteiger partial charge in [0, 0.05) is 15.4 Å². The fourth-order valence-corrected chi connectivity index (χ4v) is 2.79. The Hall–Kier alpha value is -1.32. The van der Waals surface area contributed by atoms with Crippen LogP contribution in [0.3, 0.4) is 0 Å². The maximum Gasteiger partial charge on any atom is 0.129 e. The standard InChI is InChI=1S/C16H17FOS/c1-11(2)12-6-8-13(9-7-12)19-16-5-3-4-15(17)14(16)10-18/h3-9,11,18H,10H2,1-2H3. The Labute approximate surface area is 117 Å². The Morgan fingerprint density at radius 3 is 2.37 bits per heavy atom. The Morgan fingerprint density at radius 1 is 1.11 bits per heavy atom. The molecule has 0 amide bonds. The minimum atomic E-state index is -0.355. The van der Waals surface area contributed by atoms with E-state index in [4.69, 9.17) is 0 Å². The van der Waals surface area contributed by atoms with Gasteiger partial charge in [0.15, 0.2) is 0 Å². The molecule has 19 heavy (non-hydrogen) atoms. The lowest BCUT2D eigenvalue weighted by atomic mass is 10.0. The molecular formula is C16H17FOS. The van der Waals surface area contributed by atoms with Crippen molar-refractivity contribution in [3.8, 4) is 0 Å². The molecule has 0 bridgehead atoms. The molecule has 2 aromatic carbocycles. The fourth-order valence-electron chi connectivity index (χ4n) is 1.84. The summed E-state index contributed by atoms with van der Waals surface area (Å²) >= 11 is 1.47. The molecule has 0 heterocycles. The first-order valence-corrected chi connectivity index (χ1v) is 7.09. The van der Waals surface area contributed by atoms with E-state index in [9.17, 15) is 9.50 Å². The van der Waals surface area contributed by atoms with Gasteiger partial charge in [-0.2, -0.15) is 0 Å². The van der Waals surface area contributed by atoms with Gasteiger partial charge in [0.1, 0.15) is 5.82 Å². The lowest BCUT2D eigenvalue weighted by Crippen LogP contribution is -1.92. The quantitative estimate of drug-likeness (QED) is 0.881. The average molecular weight is 276 g/mol. The molecule has 0 aliphatic rings. The summed E-state index contributed by atoms with van der Waals surface area (Å²) in [7, 11) is 0. The van der Waals surface area contributed by atoms with E-state index in [1.54, 1.807) is 6.07 Å². The van der Waals surface area contributed by atoms with E-state index in [0.29, 0.717) is 11.5 Å². The molecule has 0 aliphatic heterocycles. The van der Waals surface area contributed by atoms with Crippen LogP contribution in [0.5, 0.6) is 0 Å². The van der Waals surface area contributed by atoms with Gasteiger partial charge in [0.05, 0.1) is 6.61 Å². The normalized spacial score (nSPS) is 11.0. The van der Waals surface area contributed by atoms with Crippen molar-refractivity contribution in [2.75, 3.05) is 0 Å². The second-order valence-corrected chi connectivity index (χ2v) is 5.82. The van der Waals surface area contributed by atoms with E-state index in [2.05, 4.69) is 26.0 Å². The molecule has 0 radical (unpaired) electrons. The molecule has 2 rings (SSSR count). The molecule has 2 aromatic rings. The number of aliphatic hydroxyl groups excluding tert-OH is 1. The monoisotopic (exact) mass is 276 g/mol. The van der Waals surface area contributed by atoms with E-state index in [0.717, 1.165) is 9.79 Å². The van der Waals surface area contributed by atoms with Crippen LogP contribution in [0.15, 0.2) is 52.3 Å². The van der Waals surface area contributed by atoms with E-state index < -0.39 is 0 Å². The molecule has 1 N–H and O–H groups in total. The van der Waals surface area contributed by atoms with Gasteiger partial charge in [0.25, 0.3) is 0 Å². The van der Waals surface area contributed by atoms with Gasteiger partial charge >= 0.3 is 0 Å². The first-order valence-electron chi connectivity index (χ1n) is 6.28. The number of hydrogen-bond acceptors (Lipinski definition) is 2. The molecule has 0 fully saturated rings. The Kier molecular flexibility index (Phi) is 4.61. The van der Waals surface area contributed by atoms with Crippen LogP contribution >= 0.6 is 11.8 Å². The van der Waals surface area contributed by atoms with Gasteiger partial charge < -0.3 is 5.11 Å². The molecule has 0 atom stereocenters. The number of benzene rings is 2. The summed E-state index contributed by atoms with van der Waals surface area (Å²) in [5.74, 6) is 0.146. The highest BCUT2D eigenvalue weighted by molar-refractivity contribution is 7.99. The highest BCUT2D eigenvalue weighted by Crippen LogP contribution is 2.32. The van der Waals surface area contributed by atoms with Crippen LogP contribution in [0.2, 0.25) is 0 Å². The highest BCUT2D eigenvalue weighted by atomic mass is 32.2. The van der Waals surface area contributed by atoms with E-state index >= 15 is 0 Å². The number of hydrogen-bond donors (Lipinski definition) is 1. The fraction of sp³-hybridized carbons (Fsp3) is 0.250. The predicted molar refractivity (Wildman–Crippen MR) is 77.0 cm³/mol. The summed E-state index contributed by atoms with van der Waals surface area (Å²) in [6, 6.07) is 13.1. The van der Waals surface area contributed by atoms with E-state index in [-0.39, 0.29) is 12.4 Å². The summed E-state index contributed by atoms with van der Waals surface area (Å²) in [6.07, 6.45) is 0. The molecule has 0 spiro atoms. The van der Waals surface area contributed by atoms with Crippen molar-refractivity contribution in [2.24, 2.45) is 0 Å². The maximum absolute atomic E-state index is 13.5. The predicted octanol–water partition coefficient (Wildman–Crippen LogP) is 4.59. The smallest absolute Gasteiger partial charge is 0.129 e. The number of aliphatic hydroxyl groups is 1. The largest absolute Gasteiger partial charge is 0.392 e. The van der Waals surface area contributed by atoms with Crippen LogP contribution in [0, 0.1) is 5.82 Å². The van der Waals surface area contributed by atoms with Crippen LogP contribution in [0.1, 0.15) is 30.9 Å². The topological polar surface area (TPSA) is 20.2 Å². The third kappa shape index (κ3) is 3.37. The van der Waals surface area contributed by atoms with Crippen molar-refractivity contribution in [1.82, 2.24) is 0 Å². The van der Waals surface area contributed by atoms with Crippen LogP contribution in [0.25, 0.3) is 0 Å². The van der Waals surface area contributed by atoms with Crippen molar-refractivity contribution < 1.29 is 9.50 Å². The van der Waals surface area contributed by atoms with Crippen molar-refractivity contribution in [2.45, 2.75) is 36.2 Å². The Bertz CT molecular complexity index is 549. The summed E-state index contributed by atoms with van der Waals surface area (Å²) in [5.41, 5.74) is 1.64. The van der Waals surface area contributed by atoms with Gasteiger partial charge in [-0.05, 0) is 35.7 Å². The van der Waals surface area contributed by atoms with Crippen LogP contribution < -0.4 is 0 Å².